The molecule has 0 radical (unpaired) electrons. The van der Waals surface area contributed by atoms with Crippen LogP contribution >= 0.6 is 0 Å². The third-order valence-corrected chi connectivity index (χ3v) is 7.15. The summed E-state index contributed by atoms with van der Waals surface area (Å²) in [5, 5.41) is 1.21. The largest absolute Gasteiger partial charge is 0.492 e. The molecule has 0 spiro atoms. The molecule has 7 heteroatoms. The van der Waals surface area contributed by atoms with Gasteiger partial charge in [-0.3, -0.25) is 4.79 Å². The van der Waals surface area contributed by atoms with E-state index >= 15 is 0 Å². The molecule has 2 aliphatic rings. The van der Waals surface area contributed by atoms with E-state index < -0.39 is 0 Å². The van der Waals surface area contributed by atoms with Crippen molar-refractivity contribution in [3.05, 3.63) is 95.2 Å². The highest BCUT2D eigenvalue weighted by atomic mass is 16.7. The number of nitrogens with zero attached hydrogens (tertiary/aromatic N) is 2. The number of H-pyrrole nitrogens is 1. The van der Waals surface area contributed by atoms with Crippen LogP contribution in [0, 0.1) is 0 Å². The summed E-state index contributed by atoms with van der Waals surface area (Å²) in [5.74, 6) is 2.14. The number of carbonyl (C=O) groups is 1. The van der Waals surface area contributed by atoms with Crippen LogP contribution in [0.2, 0.25) is 0 Å². The molecule has 0 saturated carbocycles. The smallest absolute Gasteiger partial charge is 0.247 e. The van der Waals surface area contributed by atoms with Gasteiger partial charge in [-0.05, 0) is 62.0 Å². The predicted molar refractivity (Wildman–Crippen MR) is 148 cm³/mol. The lowest BCUT2D eigenvalue weighted by atomic mass is 9.92. The molecule has 0 saturated heterocycles. The highest BCUT2D eigenvalue weighted by molar-refractivity contribution is 5.94. The van der Waals surface area contributed by atoms with Crippen LogP contribution in [0.25, 0.3) is 17.0 Å². The Morgan fingerprint density at radius 3 is 2.79 bits per heavy atom. The van der Waals surface area contributed by atoms with Crippen LogP contribution in [0.3, 0.4) is 0 Å². The second-order valence-electron chi connectivity index (χ2n) is 9.88. The number of aromatic amines is 1. The van der Waals surface area contributed by atoms with Crippen LogP contribution in [0.1, 0.15) is 28.4 Å². The van der Waals surface area contributed by atoms with Crippen LogP contribution in [-0.4, -0.2) is 61.3 Å². The number of amides is 1. The first kappa shape index (κ1) is 24.1. The van der Waals surface area contributed by atoms with E-state index in [1.54, 1.807) is 6.08 Å². The summed E-state index contributed by atoms with van der Waals surface area (Å²) in [4.78, 5) is 21.4. The number of carbonyl (C=O) groups excluding carboxylic acids is 1. The molecule has 1 unspecified atom stereocenters. The molecule has 3 heterocycles. The predicted octanol–water partition coefficient (Wildman–Crippen LogP) is 5.02. The molecule has 1 amide bonds. The molecule has 1 atom stereocenters. The van der Waals surface area contributed by atoms with Crippen molar-refractivity contribution >= 4 is 22.9 Å². The first-order valence-corrected chi connectivity index (χ1v) is 12.9. The number of nitrogens with one attached hydrogen (secondary N) is 1. The Balaban J connectivity index is 1.33. The normalized spacial score (nSPS) is 16.4. The average molecular weight is 510 g/mol. The van der Waals surface area contributed by atoms with Crippen LogP contribution in [0.4, 0.5) is 0 Å². The Morgan fingerprint density at radius 1 is 1.08 bits per heavy atom. The van der Waals surface area contributed by atoms with E-state index in [2.05, 4.69) is 28.1 Å². The summed E-state index contributed by atoms with van der Waals surface area (Å²) in [6.07, 6.45) is 4.29. The highest BCUT2D eigenvalue weighted by Gasteiger charge is 2.34. The monoisotopic (exact) mass is 509 g/mol. The molecule has 1 aromatic heterocycles. The lowest BCUT2D eigenvalue weighted by molar-refractivity contribution is -0.128. The Morgan fingerprint density at radius 2 is 1.89 bits per heavy atom. The molecule has 2 aliphatic heterocycles. The molecule has 0 aliphatic carbocycles. The minimum atomic E-state index is -0.274. The number of fused-ring (bicyclic) bond motifs is 4. The van der Waals surface area contributed by atoms with Crippen molar-refractivity contribution in [1.82, 2.24) is 14.8 Å². The lowest BCUT2D eigenvalue weighted by Gasteiger charge is -2.35. The Bertz CT molecular complexity index is 1510. The number of benzene rings is 3. The van der Waals surface area contributed by atoms with E-state index in [0.717, 1.165) is 46.8 Å². The zero-order chi connectivity index (χ0) is 26.1. The van der Waals surface area contributed by atoms with E-state index in [0.29, 0.717) is 18.9 Å². The third kappa shape index (κ3) is 4.61. The summed E-state index contributed by atoms with van der Waals surface area (Å²) in [5.41, 5.74) is 5.25. The number of rotatable bonds is 7. The van der Waals surface area contributed by atoms with Crippen molar-refractivity contribution < 1.29 is 19.0 Å². The third-order valence-electron chi connectivity index (χ3n) is 7.15. The van der Waals surface area contributed by atoms with Gasteiger partial charge in [0.15, 0.2) is 11.5 Å². The van der Waals surface area contributed by atoms with Crippen molar-refractivity contribution in [2.24, 2.45) is 0 Å². The maximum atomic E-state index is 13.8. The average Bonchev–Trinajstić information content (AvgIpc) is 3.55. The van der Waals surface area contributed by atoms with Crippen molar-refractivity contribution in [3.63, 3.8) is 0 Å². The first-order chi connectivity index (χ1) is 18.6. The van der Waals surface area contributed by atoms with Gasteiger partial charge >= 0.3 is 0 Å². The molecule has 3 aromatic carbocycles. The van der Waals surface area contributed by atoms with Gasteiger partial charge in [0.2, 0.25) is 12.7 Å². The van der Waals surface area contributed by atoms with E-state index in [-0.39, 0.29) is 18.7 Å². The Kier molecular flexibility index (Phi) is 6.52. The maximum Gasteiger partial charge on any atom is 0.247 e. The SMILES string of the molecule is CN(C)CCOc1ccccc1/C=C/C(=O)N1CCc2c([nH]c3ccccc23)C1c1ccc2c(c1)OCO2. The van der Waals surface area contributed by atoms with Crippen LogP contribution in [0.15, 0.2) is 72.8 Å². The fourth-order valence-electron chi connectivity index (χ4n) is 5.25. The number of likely N-dealkylation sites (N-methyl/N-ethyl adjacent to an activating group) is 1. The second kappa shape index (κ2) is 10.3. The summed E-state index contributed by atoms with van der Waals surface area (Å²) in [6.45, 7) is 2.21. The van der Waals surface area contributed by atoms with Gasteiger partial charge in [0.25, 0.3) is 0 Å². The van der Waals surface area contributed by atoms with Gasteiger partial charge in [-0.2, -0.15) is 0 Å². The van der Waals surface area contributed by atoms with Crippen LogP contribution < -0.4 is 14.2 Å². The lowest BCUT2D eigenvalue weighted by Crippen LogP contribution is -2.39. The number of ether oxygens (including phenoxy) is 3. The molecule has 7 nitrogen and oxygen atoms in total. The number of hydrogen-bond donors (Lipinski definition) is 1. The van der Waals surface area contributed by atoms with Gasteiger partial charge < -0.3 is 29.0 Å². The van der Waals surface area contributed by atoms with Gasteiger partial charge in [-0.15, -0.1) is 0 Å². The highest BCUT2D eigenvalue weighted by Crippen LogP contribution is 2.42. The minimum Gasteiger partial charge on any atom is -0.492 e. The fraction of sp³-hybridized carbons (Fsp3) is 0.258. The van der Waals surface area contributed by atoms with Crippen molar-refractivity contribution in [3.8, 4) is 17.2 Å². The fourth-order valence-corrected chi connectivity index (χ4v) is 5.25. The summed E-state index contributed by atoms with van der Waals surface area (Å²) in [6, 6.07) is 21.8. The van der Waals surface area contributed by atoms with E-state index in [4.69, 9.17) is 14.2 Å². The Labute approximate surface area is 222 Å². The molecule has 0 bridgehead atoms. The zero-order valence-corrected chi connectivity index (χ0v) is 21.6. The van der Waals surface area contributed by atoms with Gasteiger partial charge in [-0.1, -0.05) is 42.5 Å². The summed E-state index contributed by atoms with van der Waals surface area (Å²) in [7, 11) is 4.03. The van der Waals surface area contributed by atoms with Crippen molar-refractivity contribution in [1.29, 1.82) is 0 Å². The van der Waals surface area contributed by atoms with Crippen molar-refractivity contribution in [2.45, 2.75) is 12.5 Å². The number of hydrogen-bond acceptors (Lipinski definition) is 5. The zero-order valence-electron chi connectivity index (χ0n) is 21.6. The molecular formula is C31H31N3O4. The van der Waals surface area contributed by atoms with Gasteiger partial charge in [-0.25, -0.2) is 0 Å². The van der Waals surface area contributed by atoms with E-state index in [1.165, 1.54) is 10.9 Å². The molecule has 6 rings (SSSR count). The molecule has 1 N–H and O–H groups in total. The molecular weight excluding hydrogens is 478 g/mol. The Hall–Kier alpha value is -4.23. The topological polar surface area (TPSA) is 67.0 Å². The standard InChI is InChI=1S/C31H31N3O4/c1-33(2)17-18-36-26-10-6-3-7-21(26)12-14-29(35)34-16-15-24-23-8-4-5-9-25(23)32-30(24)31(34)22-11-13-27-28(19-22)38-20-37-27/h3-14,19,31-32H,15-18,20H2,1-2H3/b14-12+. The minimum absolute atomic E-state index is 0.0555. The summed E-state index contributed by atoms with van der Waals surface area (Å²) >= 11 is 0. The number of para-hydroxylation sites is 2. The molecule has 38 heavy (non-hydrogen) atoms. The molecule has 4 aromatic rings. The van der Waals surface area contributed by atoms with Gasteiger partial charge in [0.1, 0.15) is 12.4 Å². The first-order valence-electron chi connectivity index (χ1n) is 12.9. The van der Waals surface area contributed by atoms with Gasteiger partial charge in [0.05, 0.1) is 6.04 Å². The quantitative estimate of drug-likeness (QED) is 0.354. The van der Waals surface area contributed by atoms with Gasteiger partial charge in [0, 0.05) is 41.3 Å². The second-order valence-corrected chi connectivity index (χ2v) is 9.88. The molecule has 0 fully saturated rings. The van der Waals surface area contributed by atoms with Crippen LogP contribution in [0.5, 0.6) is 17.2 Å². The van der Waals surface area contributed by atoms with E-state index in [1.807, 2.05) is 73.6 Å². The van der Waals surface area contributed by atoms with E-state index in [9.17, 15) is 4.79 Å². The van der Waals surface area contributed by atoms with Crippen molar-refractivity contribution in [2.75, 3.05) is 40.6 Å². The molecule has 194 valence electrons. The number of aromatic nitrogens is 1. The maximum absolute atomic E-state index is 13.8. The summed E-state index contributed by atoms with van der Waals surface area (Å²) < 4.78 is 17.2. The van der Waals surface area contributed by atoms with Crippen LogP contribution in [-0.2, 0) is 11.2 Å².